The fourth-order valence-corrected chi connectivity index (χ4v) is 0.599. The molecular weight excluding hydrogens is 207 g/mol. The monoisotopic (exact) mass is 216 g/mol. The minimum Gasteiger partial charge on any atom is -0.481 e. The van der Waals surface area contributed by atoms with Crippen molar-refractivity contribution in [2.75, 3.05) is 6.16 Å². The van der Waals surface area contributed by atoms with Crippen molar-refractivity contribution in [2.24, 2.45) is 0 Å². The van der Waals surface area contributed by atoms with Gasteiger partial charge in [0.05, 0.1) is 0 Å². The van der Waals surface area contributed by atoms with Gasteiger partial charge in [-0.3, -0.25) is 14.2 Å². The van der Waals surface area contributed by atoms with Crippen LogP contribution < -0.4 is 0 Å². The van der Waals surface area contributed by atoms with E-state index in [0.29, 0.717) is 0 Å². The minimum absolute atomic E-state index is 0.833. The maximum Gasteiger partial charge on any atom is 0.366 e. The largest absolute Gasteiger partial charge is 0.481 e. The van der Waals surface area contributed by atoms with Crippen LogP contribution in [0.25, 0.3) is 0 Å². The Morgan fingerprint density at radius 2 is 1.69 bits per heavy atom. The second-order valence-corrected chi connectivity index (χ2v) is 3.54. The molecule has 0 rings (SSSR count). The van der Waals surface area contributed by atoms with E-state index in [0.717, 1.165) is 6.92 Å². The Hall–Kier alpha value is -0.950. The van der Waals surface area contributed by atoms with Gasteiger partial charge >= 0.3 is 13.6 Å². The van der Waals surface area contributed by atoms with Crippen LogP contribution in [0.5, 0.6) is 0 Å². The van der Waals surface area contributed by atoms with Crippen LogP contribution >= 0.6 is 7.60 Å². The van der Waals surface area contributed by atoms with Crippen LogP contribution in [0, 0.1) is 0 Å². The molecule has 0 radical (unpaired) electrons. The minimum atomic E-state index is -4.27. The van der Waals surface area contributed by atoms with Crippen LogP contribution in [-0.2, 0) is 18.8 Å². The van der Waals surface area contributed by atoms with Gasteiger partial charge in [0.15, 0.2) is 0 Å². The summed E-state index contributed by atoms with van der Waals surface area (Å²) in [4.78, 5) is 26.8. The summed E-state index contributed by atoms with van der Waals surface area (Å²) >= 11 is 0. The Balaban J connectivity index is 0. The van der Waals surface area contributed by atoms with Crippen molar-refractivity contribution in [1.29, 1.82) is 0 Å². The molecule has 78 valence electrons. The third kappa shape index (κ3) is 18.2. The van der Waals surface area contributed by atoms with E-state index < -0.39 is 25.7 Å². The molecule has 0 aromatic rings. The van der Waals surface area contributed by atoms with E-state index in [2.05, 4.69) is 4.67 Å². The van der Waals surface area contributed by atoms with Crippen molar-refractivity contribution in [1.82, 2.24) is 0 Å². The van der Waals surface area contributed by atoms with E-state index >= 15 is 0 Å². The van der Waals surface area contributed by atoms with Gasteiger partial charge in [-0.05, 0) is 0 Å². The van der Waals surface area contributed by atoms with Crippen molar-refractivity contribution < 1.29 is 39.2 Å². The van der Waals surface area contributed by atoms with Crippen molar-refractivity contribution in [3.05, 3.63) is 0 Å². The van der Waals surface area contributed by atoms with Crippen LogP contribution in [0.4, 0.5) is 0 Å². The molecule has 0 saturated heterocycles. The summed E-state index contributed by atoms with van der Waals surface area (Å²) in [5, 5.41) is 22.8. The Labute approximate surface area is 72.8 Å². The maximum absolute atomic E-state index is 10.1. The molecular formula is C4H9O8P. The number of rotatable bonds is 3. The van der Waals surface area contributed by atoms with E-state index in [1.165, 1.54) is 0 Å². The topological polar surface area (TPSA) is 141 Å². The summed E-state index contributed by atoms with van der Waals surface area (Å²) in [7, 11) is -4.27. The number of carbonyl (C=O) groups is 2. The predicted molar refractivity (Wildman–Crippen MR) is 39.4 cm³/mol. The maximum atomic E-state index is 10.1. The standard InChI is InChI=1S/C2H5O6P.C2H4O2/c3-2(4)1-9(6,7)8-5;1-2(3)4/h5H,1H2,(H,3,4)(H,6,7);1H3,(H,3,4). The van der Waals surface area contributed by atoms with Gasteiger partial charge in [-0.1, -0.05) is 0 Å². The summed E-state index contributed by atoms with van der Waals surface area (Å²) in [6.07, 6.45) is -1.09. The Morgan fingerprint density at radius 3 is 1.77 bits per heavy atom. The lowest BCUT2D eigenvalue weighted by Crippen LogP contribution is -2.03. The van der Waals surface area contributed by atoms with Crippen molar-refractivity contribution in [2.45, 2.75) is 6.92 Å². The van der Waals surface area contributed by atoms with Gasteiger partial charge in [0.1, 0.15) is 6.16 Å². The SMILES string of the molecule is CC(=O)O.O=C(O)CP(=O)(O)OO. The fourth-order valence-electron chi connectivity index (χ4n) is 0.200. The number of hydrogen-bond donors (Lipinski definition) is 4. The molecule has 9 heteroatoms. The highest BCUT2D eigenvalue weighted by Gasteiger charge is 2.23. The zero-order valence-electron chi connectivity index (χ0n) is 6.58. The molecule has 0 spiro atoms. The third-order valence-corrected chi connectivity index (χ3v) is 1.39. The molecule has 8 nitrogen and oxygen atoms in total. The van der Waals surface area contributed by atoms with Gasteiger partial charge in [0.25, 0.3) is 5.97 Å². The van der Waals surface area contributed by atoms with Gasteiger partial charge in [-0.2, -0.15) is 4.67 Å². The van der Waals surface area contributed by atoms with Crippen LogP contribution in [-0.4, -0.2) is 38.5 Å². The first-order valence-corrected chi connectivity index (χ1v) is 4.54. The normalized spacial score (nSPS) is 13.5. The van der Waals surface area contributed by atoms with Gasteiger partial charge in [-0.15, -0.1) is 0 Å². The molecule has 0 fully saturated rings. The fraction of sp³-hybridized carbons (Fsp3) is 0.500. The number of aliphatic carboxylic acids is 2. The summed E-state index contributed by atoms with van der Waals surface area (Å²) in [5.41, 5.74) is 0. The van der Waals surface area contributed by atoms with Crippen LogP contribution in [0.2, 0.25) is 0 Å². The van der Waals surface area contributed by atoms with Crippen molar-refractivity contribution in [3.8, 4) is 0 Å². The van der Waals surface area contributed by atoms with E-state index in [-0.39, 0.29) is 0 Å². The van der Waals surface area contributed by atoms with Gasteiger partial charge < -0.3 is 15.1 Å². The molecule has 0 aliphatic heterocycles. The first-order valence-electron chi connectivity index (χ1n) is 2.77. The zero-order chi connectivity index (χ0) is 11.1. The lowest BCUT2D eigenvalue weighted by Gasteiger charge is -2.00. The molecule has 0 aromatic heterocycles. The van der Waals surface area contributed by atoms with Crippen molar-refractivity contribution in [3.63, 3.8) is 0 Å². The quantitative estimate of drug-likeness (QED) is 0.289. The first kappa shape index (κ1) is 14.6. The van der Waals surface area contributed by atoms with Gasteiger partial charge in [0.2, 0.25) is 0 Å². The molecule has 0 aromatic carbocycles. The van der Waals surface area contributed by atoms with Gasteiger partial charge in [-0.25, -0.2) is 5.26 Å². The second-order valence-electron chi connectivity index (χ2n) is 1.79. The summed E-state index contributed by atoms with van der Waals surface area (Å²) in [6, 6.07) is 0. The van der Waals surface area contributed by atoms with E-state index in [9.17, 15) is 9.36 Å². The lowest BCUT2D eigenvalue weighted by molar-refractivity contribution is -0.149. The zero-order valence-corrected chi connectivity index (χ0v) is 7.47. The molecule has 0 amide bonds. The van der Waals surface area contributed by atoms with Gasteiger partial charge in [0, 0.05) is 6.92 Å². The first-order chi connectivity index (χ1) is 5.71. The lowest BCUT2D eigenvalue weighted by atomic mass is 10.8. The molecule has 0 aliphatic rings. The highest BCUT2D eigenvalue weighted by atomic mass is 31.2. The third-order valence-electron chi connectivity index (χ3n) is 0.463. The highest BCUT2D eigenvalue weighted by molar-refractivity contribution is 7.53. The summed E-state index contributed by atoms with van der Waals surface area (Å²) in [5.74, 6) is -2.34. The number of carboxylic acid groups (broad SMARTS) is 2. The average molecular weight is 216 g/mol. The molecule has 4 N–H and O–H groups in total. The van der Waals surface area contributed by atoms with E-state index in [4.69, 9.17) is 25.2 Å². The van der Waals surface area contributed by atoms with Crippen molar-refractivity contribution >= 4 is 19.5 Å². The molecule has 0 bridgehead atoms. The average Bonchev–Trinajstić information content (AvgIpc) is 1.83. The smallest absolute Gasteiger partial charge is 0.366 e. The molecule has 1 atom stereocenters. The molecule has 0 saturated carbocycles. The molecule has 1 unspecified atom stereocenters. The van der Waals surface area contributed by atoms with Crippen LogP contribution in [0.15, 0.2) is 0 Å². The van der Waals surface area contributed by atoms with E-state index in [1.807, 2.05) is 0 Å². The Morgan fingerprint density at radius 1 is 1.38 bits per heavy atom. The predicted octanol–water partition coefficient (Wildman–Crippen LogP) is -0.163. The second kappa shape index (κ2) is 6.55. The van der Waals surface area contributed by atoms with E-state index in [1.54, 1.807) is 0 Å². The van der Waals surface area contributed by atoms with Crippen LogP contribution in [0.3, 0.4) is 0 Å². The number of hydrogen-bond acceptors (Lipinski definition) is 5. The summed E-state index contributed by atoms with van der Waals surface area (Å²) < 4.78 is 13.1. The Kier molecular flexibility index (Phi) is 7.34. The number of carboxylic acids is 2. The Bertz CT molecular complexity index is 218. The van der Waals surface area contributed by atoms with Crippen LogP contribution in [0.1, 0.15) is 6.92 Å². The summed E-state index contributed by atoms with van der Waals surface area (Å²) in [6.45, 7) is 1.08. The molecule has 0 aliphatic carbocycles. The molecule has 0 heterocycles. The highest BCUT2D eigenvalue weighted by Crippen LogP contribution is 2.39. The molecule has 13 heavy (non-hydrogen) atoms.